The number of carbonyl (C=O) groups is 3. The van der Waals surface area contributed by atoms with Crippen LogP contribution in [0.25, 0.3) is 0 Å². The average Bonchev–Trinajstić information content (AvgIpc) is 2.57. The van der Waals surface area contributed by atoms with Crippen molar-refractivity contribution in [1.29, 1.82) is 0 Å². The van der Waals surface area contributed by atoms with E-state index in [1.54, 1.807) is 27.1 Å². The number of aldehydes is 2. The number of rotatable bonds is 8. The van der Waals surface area contributed by atoms with E-state index in [0.717, 1.165) is 17.5 Å². The van der Waals surface area contributed by atoms with E-state index >= 15 is 0 Å². The minimum atomic E-state index is -0.368. The summed E-state index contributed by atoms with van der Waals surface area (Å²) in [5, 5.41) is 2.88. The molecule has 0 aliphatic rings. The minimum Gasteiger partial charge on any atom is -0.392 e. The molecule has 0 spiro atoms. The van der Waals surface area contributed by atoms with E-state index in [1.165, 1.54) is 17.0 Å². The molecule has 1 aromatic rings. The Kier molecular flexibility index (Phi) is 9.91. The summed E-state index contributed by atoms with van der Waals surface area (Å²) in [6.45, 7) is 5.50. The number of likely N-dealkylation sites (N-methyl/N-ethyl adjacent to an activating group) is 1. The molecular formula is C17H23FN2O3. The second kappa shape index (κ2) is 11.1. The molecule has 0 aliphatic heterocycles. The molecule has 0 heterocycles. The highest BCUT2D eigenvalue weighted by Crippen LogP contribution is 2.07. The van der Waals surface area contributed by atoms with Gasteiger partial charge in [0.1, 0.15) is 18.4 Å². The molecule has 23 heavy (non-hydrogen) atoms. The molecule has 1 N–H and O–H groups in total. The highest BCUT2D eigenvalue weighted by molar-refractivity contribution is 5.76. The quantitative estimate of drug-likeness (QED) is 0.744. The molecule has 1 amide bonds. The Hall–Kier alpha value is -2.50. The summed E-state index contributed by atoms with van der Waals surface area (Å²) in [6.07, 6.45) is 3.38. The third kappa shape index (κ3) is 7.90. The van der Waals surface area contributed by atoms with Crippen molar-refractivity contribution < 1.29 is 18.8 Å². The summed E-state index contributed by atoms with van der Waals surface area (Å²) in [7, 11) is 3.37. The number of nitrogens with one attached hydrogen (secondary N) is 1. The van der Waals surface area contributed by atoms with Gasteiger partial charge < -0.3 is 15.0 Å². The molecule has 0 aromatic heterocycles. The lowest BCUT2D eigenvalue weighted by Crippen LogP contribution is -2.32. The summed E-state index contributed by atoms with van der Waals surface area (Å²) in [4.78, 5) is 32.5. The van der Waals surface area contributed by atoms with Gasteiger partial charge in [-0.3, -0.25) is 9.59 Å². The predicted molar refractivity (Wildman–Crippen MR) is 87.6 cm³/mol. The van der Waals surface area contributed by atoms with Crippen molar-refractivity contribution in [2.75, 3.05) is 14.1 Å². The molecule has 5 nitrogen and oxygen atoms in total. The van der Waals surface area contributed by atoms with Gasteiger partial charge in [0.15, 0.2) is 0 Å². The zero-order chi connectivity index (χ0) is 17.8. The molecule has 6 heteroatoms. The average molecular weight is 322 g/mol. The number of allylic oxidation sites excluding steroid dienone is 1. The van der Waals surface area contributed by atoms with E-state index in [1.807, 2.05) is 0 Å². The lowest BCUT2D eigenvalue weighted by atomic mass is 10.1. The van der Waals surface area contributed by atoms with E-state index in [0.29, 0.717) is 31.1 Å². The molecule has 0 bridgehead atoms. The van der Waals surface area contributed by atoms with Gasteiger partial charge in [0.25, 0.3) is 0 Å². The van der Waals surface area contributed by atoms with Gasteiger partial charge in [-0.1, -0.05) is 12.6 Å². The molecule has 1 unspecified atom stereocenters. The fraction of sp³-hybridized carbons (Fsp3) is 0.353. The number of halogens is 1. The lowest BCUT2D eigenvalue weighted by Gasteiger charge is -2.18. The largest absolute Gasteiger partial charge is 0.392 e. The first-order valence-electron chi connectivity index (χ1n) is 7.09. The van der Waals surface area contributed by atoms with Crippen molar-refractivity contribution in [2.24, 2.45) is 0 Å². The first kappa shape index (κ1) is 20.5. The van der Waals surface area contributed by atoms with Crippen LogP contribution in [0.1, 0.15) is 28.8 Å². The number of benzene rings is 1. The molecule has 1 atom stereocenters. The van der Waals surface area contributed by atoms with Crippen LogP contribution in [0.15, 0.2) is 30.5 Å². The minimum absolute atomic E-state index is 0.345. The third-order valence-corrected chi connectivity index (χ3v) is 3.31. The molecule has 0 radical (unpaired) electrons. The molecule has 0 fully saturated rings. The van der Waals surface area contributed by atoms with Crippen LogP contribution in [-0.4, -0.2) is 44.0 Å². The zero-order valence-corrected chi connectivity index (χ0v) is 13.7. The SMILES string of the molecule is C=C(CCC(C=O)N(C)C=O)NC.Cc1ccc(F)cc1C=O. The topological polar surface area (TPSA) is 66.5 Å². The van der Waals surface area contributed by atoms with E-state index < -0.39 is 0 Å². The zero-order valence-electron chi connectivity index (χ0n) is 13.7. The van der Waals surface area contributed by atoms with Crippen molar-refractivity contribution in [2.45, 2.75) is 25.8 Å². The monoisotopic (exact) mass is 322 g/mol. The summed E-state index contributed by atoms with van der Waals surface area (Å²) in [5.41, 5.74) is 2.09. The highest BCUT2D eigenvalue weighted by Gasteiger charge is 2.11. The van der Waals surface area contributed by atoms with Gasteiger partial charge >= 0.3 is 0 Å². The molecule has 1 rings (SSSR count). The maximum absolute atomic E-state index is 12.4. The smallest absolute Gasteiger partial charge is 0.210 e. The van der Waals surface area contributed by atoms with Crippen LogP contribution in [0, 0.1) is 12.7 Å². The molecule has 0 aliphatic carbocycles. The number of carbonyl (C=O) groups excluding carboxylic acids is 3. The number of hydrogen-bond donors (Lipinski definition) is 1. The van der Waals surface area contributed by atoms with Gasteiger partial charge in [0, 0.05) is 25.4 Å². The first-order chi connectivity index (χ1) is 10.9. The summed E-state index contributed by atoms with van der Waals surface area (Å²) >= 11 is 0. The van der Waals surface area contributed by atoms with Crippen molar-refractivity contribution in [1.82, 2.24) is 10.2 Å². The Morgan fingerprint density at radius 1 is 1.39 bits per heavy atom. The Balaban J connectivity index is 0.000000433. The normalized spacial score (nSPS) is 10.6. The first-order valence-corrected chi connectivity index (χ1v) is 7.09. The van der Waals surface area contributed by atoms with E-state index in [9.17, 15) is 18.8 Å². The fourth-order valence-corrected chi connectivity index (χ4v) is 1.63. The Morgan fingerprint density at radius 3 is 2.48 bits per heavy atom. The molecular weight excluding hydrogens is 299 g/mol. The lowest BCUT2D eigenvalue weighted by molar-refractivity contribution is -0.124. The van der Waals surface area contributed by atoms with Crippen molar-refractivity contribution in [3.05, 3.63) is 47.4 Å². The number of nitrogens with zero attached hydrogens (tertiary/aromatic N) is 1. The van der Waals surface area contributed by atoms with E-state index in [-0.39, 0.29) is 11.9 Å². The Labute approximate surface area is 136 Å². The van der Waals surface area contributed by atoms with Gasteiger partial charge in [-0.15, -0.1) is 0 Å². The number of hydrogen-bond acceptors (Lipinski definition) is 4. The molecule has 1 aromatic carbocycles. The summed E-state index contributed by atoms with van der Waals surface area (Å²) < 4.78 is 12.4. The number of amides is 1. The van der Waals surface area contributed by atoms with Crippen LogP contribution in [0.5, 0.6) is 0 Å². The maximum atomic E-state index is 12.4. The van der Waals surface area contributed by atoms with Gasteiger partial charge in [-0.2, -0.15) is 0 Å². The van der Waals surface area contributed by atoms with Crippen LogP contribution >= 0.6 is 0 Å². The van der Waals surface area contributed by atoms with E-state index in [4.69, 9.17) is 0 Å². The van der Waals surface area contributed by atoms with Crippen molar-refractivity contribution in [3.63, 3.8) is 0 Å². The van der Waals surface area contributed by atoms with Gasteiger partial charge in [-0.25, -0.2) is 4.39 Å². The van der Waals surface area contributed by atoms with Gasteiger partial charge in [0.05, 0.1) is 6.04 Å². The van der Waals surface area contributed by atoms with Crippen LogP contribution in [-0.2, 0) is 9.59 Å². The Morgan fingerprint density at radius 2 is 2.04 bits per heavy atom. The van der Waals surface area contributed by atoms with Gasteiger partial charge in [-0.05, 0) is 37.5 Å². The molecule has 0 saturated carbocycles. The molecule has 0 saturated heterocycles. The van der Waals surface area contributed by atoms with Crippen LogP contribution < -0.4 is 5.32 Å². The standard InChI is InChI=1S/C9H16N2O2.C8H7FO/c1-8(10-2)4-5-9(6-12)11(3)7-13;1-6-2-3-8(9)4-7(6)5-10/h6-7,9-10H,1,4-5H2,2-3H3;2-5H,1H3. The summed E-state index contributed by atoms with van der Waals surface area (Å²) in [5.74, 6) is -0.368. The molecule has 126 valence electrons. The predicted octanol–water partition coefficient (Wildman–Crippen LogP) is 2.10. The van der Waals surface area contributed by atoms with E-state index in [2.05, 4.69) is 11.9 Å². The van der Waals surface area contributed by atoms with Crippen LogP contribution in [0.2, 0.25) is 0 Å². The van der Waals surface area contributed by atoms with Crippen molar-refractivity contribution >= 4 is 19.0 Å². The second-order valence-corrected chi connectivity index (χ2v) is 4.99. The highest BCUT2D eigenvalue weighted by atomic mass is 19.1. The van der Waals surface area contributed by atoms with Crippen LogP contribution in [0.4, 0.5) is 4.39 Å². The summed E-state index contributed by atoms with van der Waals surface area (Å²) in [6, 6.07) is 3.80. The van der Waals surface area contributed by atoms with Crippen molar-refractivity contribution in [3.8, 4) is 0 Å². The third-order valence-electron chi connectivity index (χ3n) is 3.31. The second-order valence-electron chi connectivity index (χ2n) is 4.99. The fourth-order valence-electron chi connectivity index (χ4n) is 1.63. The van der Waals surface area contributed by atoms with Gasteiger partial charge in [0.2, 0.25) is 6.41 Å². The maximum Gasteiger partial charge on any atom is 0.210 e. The van der Waals surface area contributed by atoms with Crippen LogP contribution in [0.3, 0.4) is 0 Å². The number of aryl methyl sites for hydroxylation is 1. The Bertz CT molecular complexity index is 547.